The van der Waals surface area contributed by atoms with E-state index < -0.39 is 11.7 Å². The SMILES string of the molecule is O=C(Nc1nnc(C23CC4CC(CC(C4)C2)C3)s1)c1cc(Br)ccc1F. The van der Waals surface area contributed by atoms with E-state index >= 15 is 0 Å². The monoisotopic (exact) mass is 435 g/mol. The zero-order chi connectivity index (χ0) is 17.9. The molecule has 0 unspecified atom stereocenters. The fourth-order valence-electron chi connectivity index (χ4n) is 5.70. The largest absolute Gasteiger partial charge is 0.296 e. The highest BCUT2D eigenvalue weighted by molar-refractivity contribution is 9.10. The van der Waals surface area contributed by atoms with E-state index in [1.54, 1.807) is 6.07 Å². The molecule has 1 aromatic carbocycles. The molecule has 4 saturated carbocycles. The predicted octanol–water partition coefficient (Wildman–Crippen LogP) is 5.16. The van der Waals surface area contributed by atoms with Crippen molar-refractivity contribution in [2.24, 2.45) is 17.8 Å². The summed E-state index contributed by atoms with van der Waals surface area (Å²) in [6, 6.07) is 4.33. The fraction of sp³-hybridized carbons (Fsp3) is 0.526. The fourth-order valence-corrected chi connectivity index (χ4v) is 7.01. The third kappa shape index (κ3) is 2.80. The second kappa shape index (κ2) is 6.09. The third-order valence-electron chi connectivity index (χ3n) is 6.31. The molecule has 7 heteroatoms. The van der Waals surface area contributed by atoms with E-state index in [2.05, 4.69) is 31.4 Å². The maximum atomic E-state index is 13.9. The lowest BCUT2D eigenvalue weighted by Crippen LogP contribution is -2.48. The molecule has 0 saturated heterocycles. The van der Waals surface area contributed by atoms with Crippen LogP contribution in [-0.2, 0) is 5.41 Å². The Bertz CT molecular complexity index is 848. The maximum Gasteiger partial charge on any atom is 0.260 e. The molecule has 1 heterocycles. The first-order chi connectivity index (χ1) is 12.5. The molecule has 1 N–H and O–H groups in total. The molecular formula is C19H19BrFN3OS. The van der Waals surface area contributed by atoms with Gasteiger partial charge in [-0.05, 0) is 74.5 Å². The minimum atomic E-state index is -0.545. The first kappa shape index (κ1) is 16.8. The number of halogens is 2. The quantitative estimate of drug-likeness (QED) is 0.723. The van der Waals surface area contributed by atoms with Gasteiger partial charge in [-0.15, -0.1) is 10.2 Å². The summed E-state index contributed by atoms with van der Waals surface area (Å²) < 4.78 is 14.6. The molecule has 1 aromatic heterocycles. The molecular weight excluding hydrogens is 417 g/mol. The van der Waals surface area contributed by atoms with Gasteiger partial charge < -0.3 is 0 Å². The Hall–Kier alpha value is -1.34. The number of carbonyl (C=O) groups is 1. The van der Waals surface area contributed by atoms with Crippen LogP contribution in [0.25, 0.3) is 0 Å². The van der Waals surface area contributed by atoms with E-state index in [4.69, 9.17) is 0 Å². The van der Waals surface area contributed by atoms with E-state index in [0.29, 0.717) is 9.60 Å². The Morgan fingerprint density at radius 1 is 1.15 bits per heavy atom. The van der Waals surface area contributed by atoms with Gasteiger partial charge in [0.1, 0.15) is 10.8 Å². The van der Waals surface area contributed by atoms with E-state index in [9.17, 15) is 9.18 Å². The molecule has 0 radical (unpaired) electrons. The van der Waals surface area contributed by atoms with Gasteiger partial charge >= 0.3 is 0 Å². The van der Waals surface area contributed by atoms with Gasteiger partial charge in [0.05, 0.1) is 5.56 Å². The second-order valence-corrected chi connectivity index (χ2v) is 10.1. The van der Waals surface area contributed by atoms with Crippen LogP contribution < -0.4 is 5.32 Å². The molecule has 26 heavy (non-hydrogen) atoms. The van der Waals surface area contributed by atoms with Crippen LogP contribution in [0.4, 0.5) is 9.52 Å². The third-order valence-corrected chi connectivity index (χ3v) is 7.89. The second-order valence-electron chi connectivity index (χ2n) is 8.19. The number of benzene rings is 1. The maximum absolute atomic E-state index is 13.9. The average Bonchev–Trinajstić information content (AvgIpc) is 3.05. The Labute approximate surface area is 163 Å². The summed E-state index contributed by atoms with van der Waals surface area (Å²) in [6.07, 6.45) is 7.77. The molecule has 0 atom stereocenters. The number of rotatable bonds is 3. The minimum absolute atomic E-state index is 0.00549. The Balaban J connectivity index is 1.38. The standard InChI is InChI=1S/C19H19BrFN3OS/c20-13-1-2-15(21)14(6-13)16(25)22-18-24-23-17(26-18)19-7-10-3-11(8-19)5-12(4-10)9-19/h1-2,6,10-12H,3-5,7-9H2,(H,22,24,25). The van der Waals surface area contributed by atoms with Crippen molar-refractivity contribution in [3.8, 4) is 0 Å². The van der Waals surface area contributed by atoms with Crippen LogP contribution in [0.15, 0.2) is 22.7 Å². The van der Waals surface area contributed by atoms with Gasteiger partial charge in [0.15, 0.2) is 0 Å². The summed E-state index contributed by atoms with van der Waals surface area (Å²) in [4.78, 5) is 12.4. The first-order valence-corrected chi connectivity index (χ1v) is 10.7. The number of nitrogens with one attached hydrogen (secondary N) is 1. The van der Waals surface area contributed by atoms with Crippen molar-refractivity contribution in [2.75, 3.05) is 5.32 Å². The summed E-state index contributed by atoms with van der Waals surface area (Å²) in [6.45, 7) is 0. The number of hydrogen-bond acceptors (Lipinski definition) is 4. The molecule has 4 aliphatic carbocycles. The molecule has 4 nitrogen and oxygen atoms in total. The topological polar surface area (TPSA) is 54.9 Å². The van der Waals surface area contributed by atoms with Crippen molar-refractivity contribution in [2.45, 2.75) is 43.9 Å². The summed E-state index contributed by atoms with van der Waals surface area (Å²) in [5.41, 5.74) is 0.169. The van der Waals surface area contributed by atoms with Crippen LogP contribution in [0, 0.1) is 23.6 Å². The van der Waals surface area contributed by atoms with Gasteiger partial charge in [-0.3, -0.25) is 10.1 Å². The molecule has 4 bridgehead atoms. The lowest BCUT2D eigenvalue weighted by Gasteiger charge is -2.55. The van der Waals surface area contributed by atoms with Gasteiger partial charge in [0.25, 0.3) is 5.91 Å². The van der Waals surface area contributed by atoms with E-state index in [-0.39, 0.29) is 11.0 Å². The molecule has 2 aromatic rings. The number of nitrogens with zero attached hydrogens (tertiary/aromatic N) is 2. The highest BCUT2D eigenvalue weighted by atomic mass is 79.9. The van der Waals surface area contributed by atoms with Gasteiger partial charge in [-0.1, -0.05) is 27.3 Å². The first-order valence-electron chi connectivity index (χ1n) is 9.11. The molecule has 4 aliphatic rings. The van der Waals surface area contributed by atoms with Crippen LogP contribution in [0.5, 0.6) is 0 Å². The highest BCUT2D eigenvalue weighted by Crippen LogP contribution is 2.61. The van der Waals surface area contributed by atoms with Crippen LogP contribution in [0.2, 0.25) is 0 Å². The molecule has 0 aliphatic heterocycles. The van der Waals surface area contributed by atoms with Crippen LogP contribution in [0.3, 0.4) is 0 Å². The van der Waals surface area contributed by atoms with E-state index in [0.717, 1.165) is 22.8 Å². The summed E-state index contributed by atoms with van der Waals surface area (Å²) in [5, 5.41) is 12.9. The van der Waals surface area contributed by atoms with Gasteiger partial charge in [0, 0.05) is 9.89 Å². The number of anilines is 1. The normalized spacial score (nSPS) is 32.0. The minimum Gasteiger partial charge on any atom is -0.296 e. The number of carbonyl (C=O) groups excluding carboxylic acids is 1. The summed E-state index contributed by atoms with van der Waals surface area (Å²) in [7, 11) is 0. The number of amides is 1. The van der Waals surface area contributed by atoms with Crippen LogP contribution in [-0.4, -0.2) is 16.1 Å². The molecule has 0 spiro atoms. The van der Waals surface area contributed by atoms with Gasteiger partial charge in [-0.25, -0.2) is 4.39 Å². The van der Waals surface area contributed by atoms with E-state index in [1.165, 1.54) is 62.0 Å². The molecule has 4 fully saturated rings. The zero-order valence-corrected chi connectivity index (χ0v) is 16.6. The molecule has 6 rings (SSSR count). The lowest BCUT2D eigenvalue weighted by molar-refractivity contribution is -0.00555. The van der Waals surface area contributed by atoms with Crippen molar-refractivity contribution in [1.82, 2.24) is 10.2 Å². The summed E-state index contributed by atoms with van der Waals surface area (Å²) in [5.74, 6) is 1.46. The van der Waals surface area contributed by atoms with E-state index in [1.807, 2.05) is 0 Å². The number of hydrogen-bond donors (Lipinski definition) is 1. The smallest absolute Gasteiger partial charge is 0.260 e. The average molecular weight is 436 g/mol. The van der Waals surface area contributed by atoms with Crippen molar-refractivity contribution >= 4 is 38.3 Å². The van der Waals surface area contributed by atoms with Crippen molar-refractivity contribution in [3.63, 3.8) is 0 Å². The van der Waals surface area contributed by atoms with Crippen molar-refractivity contribution in [3.05, 3.63) is 39.1 Å². The predicted molar refractivity (Wildman–Crippen MR) is 102 cm³/mol. The van der Waals surface area contributed by atoms with Crippen molar-refractivity contribution in [1.29, 1.82) is 0 Å². The zero-order valence-electron chi connectivity index (χ0n) is 14.2. The number of aromatic nitrogens is 2. The van der Waals surface area contributed by atoms with Gasteiger partial charge in [0.2, 0.25) is 5.13 Å². The van der Waals surface area contributed by atoms with Crippen molar-refractivity contribution < 1.29 is 9.18 Å². The summed E-state index contributed by atoms with van der Waals surface area (Å²) >= 11 is 4.74. The lowest BCUT2D eigenvalue weighted by atomic mass is 9.50. The van der Waals surface area contributed by atoms with Crippen LogP contribution >= 0.6 is 27.3 Å². The van der Waals surface area contributed by atoms with Crippen LogP contribution in [0.1, 0.15) is 53.9 Å². The Morgan fingerprint density at radius 2 is 1.81 bits per heavy atom. The highest BCUT2D eigenvalue weighted by Gasteiger charge is 2.53. The Kier molecular flexibility index (Phi) is 3.94. The van der Waals surface area contributed by atoms with Gasteiger partial charge in [-0.2, -0.15) is 0 Å². The molecule has 1 amide bonds. The molecule has 136 valence electrons. The Morgan fingerprint density at radius 3 is 2.46 bits per heavy atom.